The van der Waals surface area contributed by atoms with Gasteiger partial charge in [-0.05, 0) is 40.4 Å². The van der Waals surface area contributed by atoms with E-state index in [2.05, 4.69) is 36.8 Å². The minimum atomic E-state index is -0.797. The molecule has 1 unspecified atom stereocenters. The molecule has 0 aliphatic carbocycles. The lowest BCUT2D eigenvalue weighted by atomic mass is 10.0. The van der Waals surface area contributed by atoms with Crippen LogP contribution in [0.15, 0.2) is 28.7 Å². The molecule has 28 heavy (non-hydrogen) atoms. The molecule has 150 valence electrons. The van der Waals surface area contributed by atoms with Crippen LogP contribution in [0.2, 0.25) is 5.02 Å². The number of ether oxygens (including phenoxy) is 1. The fourth-order valence-corrected chi connectivity index (χ4v) is 3.12. The second kappa shape index (κ2) is 9.70. The zero-order chi connectivity index (χ0) is 20.8. The van der Waals surface area contributed by atoms with Gasteiger partial charge in [-0.15, -0.1) is 0 Å². The molecule has 2 aromatic rings. The van der Waals surface area contributed by atoms with Crippen molar-refractivity contribution in [1.29, 1.82) is 0 Å². The van der Waals surface area contributed by atoms with Crippen LogP contribution >= 0.6 is 27.5 Å². The molecule has 0 saturated carbocycles. The molecule has 2 rings (SSSR count). The molecule has 0 saturated heterocycles. The molecular formula is C18H20BrClN4O4. The van der Waals surface area contributed by atoms with E-state index in [-0.39, 0.29) is 27.5 Å². The molecule has 0 aliphatic heterocycles. The van der Waals surface area contributed by atoms with Crippen LogP contribution in [0.3, 0.4) is 0 Å². The molecule has 1 atom stereocenters. The number of esters is 1. The molecule has 0 aliphatic rings. The topological polar surface area (TPSA) is 113 Å². The molecule has 0 radical (unpaired) electrons. The van der Waals surface area contributed by atoms with Crippen LogP contribution in [0.4, 0.5) is 5.82 Å². The highest BCUT2D eigenvalue weighted by atomic mass is 79.9. The number of carbonyl (C=O) groups excluding carboxylic acids is 3. The number of nitrogens with one attached hydrogen (secondary N) is 3. The van der Waals surface area contributed by atoms with Crippen molar-refractivity contribution >= 4 is 51.1 Å². The van der Waals surface area contributed by atoms with Gasteiger partial charge in [-0.2, -0.15) is 5.10 Å². The summed E-state index contributed by atoms with van der Waals surface area (Å²) in [5.41, 5.74) is 0.333. The van der Waals surface area contributed by atoms with Gasteiger partial charge >= 0.3 is 5.97 Å². The standard InChI is InChI=1S/C18H20BrClN4O4/c1-9(2)8-12(18(27)28-3)21-17(26)14-13(19)15(24-23-14)22-16(25)10-6-4-5-7-11(10)20/h4-7,9,12H,8H2,1-3H3,(H,21,26)(H2,22,23,24,25). The minimum Gasteiger partial charge on any atom is -0.467 e. The number of carbonyl (C=O) groups is 3. The average molecular weight is 472 g/mol. The number of H-pyrrole nitrogens is 1. The van der Waals surface area contributed by atoms with E-state index >= 15 is 0 Å². The number of nitrogens with zero attached hydrogens (tertiary/aromatic N) is 1. The van der Waals surface area contributed by atoms with Crippen molar-refractivity contribution < 1.29 is 19.1 Å². The highest BCUT2D eigenvalue weighted by molar-refractivity contribution is 9.10. The van der Waals surface area contributed by atoms with Crippen molar-refractivity contribution in [2.24, 2.45) is 5.92 Å². The van der Waals surface area contributed by atoms with E-state index in [1.54, 1.807) is 24.3 Å². The molecule has 0 fully saturated rings. The first-order valence-corrected chi connectivity index (χ1v) is 9.60. The fraction of sp³-hybridized carbons (Fsp3) is 0.333. The maximum Gasteiger partial charge on any atom is 0.328 e. The summed E-state index contributed by atoms with van der Waals surface area (Å²) >= 11 is 9.26. The summed E-state index contributed by atoms with van der Waals surface area (Å²) in [6.07, 6.45) is 0.417. The summed E-state index contributed by atoms with van der Waals surface area (Å²) in [6, 6.07) is 5.76. The highest BCUT2D eigenvalue weighted by Gasteiger charge is 2.26. The quantitative estimate of drug-likeness (QED) is 0.536. The Balaban J connectivity index is 2.15. The SMILES string of the molecule is COC(=O)C(CC(C)C)NC(=O)c1[nH]nc(NC(=O)c2ccccc2Cl)c1Br. The summed E-state index contributed by atoms with van der Waals surface area (Å²) < 4.78 is 4.99. The third-order valence-corrected chi connectivity index (χ3v) is 4.88. The molecule has 3 N–H and O–H groups in total. The van der Waals surface area contributed by atoms with E-state index in [0.717, 1.165) is 0 Å². The van der Waals surface area contributed by atoms with Crippen molar-refractivity contribution in [3.05, 3.63) is 45.0 Å². The summed E-state index contributed by atoms with van der Waals surface area (Å²) in [6.45, 7) is 3.85. The second-order valence-corrected chi connectivity index (χ2v) is 7.57. The minimum absolute atomic E-state index is 0.0621. The number of rotatable bonds is 7. The summed E-state index contributed by atoms with van der Waals surface area (Å²) in [5.74, 6) is -1.29. The molecule has 0 bridgehead atoms. The summed E-state index contributed by atoms with van der Waals surface area (Å²) in [5, 5.41) is 12.0. The van der Waals surface area contributed by atoms with Crippen molar-refractivity contribution in [3.8, 4) is 0 Å². The van der Waals surface area contributed by atoms with Gasteiger partial charge in [0.1, 0.15) is 11.7 Å². The van der Waals surface area contributed by atoms with Crippen LogP contribution < -0.4 is 10.6 Å². The molecule has 1 aromatic heterocycles. The van der Waals surface area contributed by atoms with E-state index in [1.165, 1.54) is 7.11 Å². The second-order valence-electron chi connectivity index (χ2n) is 6.37. The number of hydrogen-bond donors (Lipinski definition) is 3. The summed E-state index contributed by atoms with van der Waals surface area (Å²) in [4.78, 5) is 36.8. The van der Waals surface area contributed by atoms with Gasteiger partial charge in [0.25, 0.3) is 11.8 Å². The Morgan fingerprint density at radius 3 is 2.54 bits per heavy atom. The van der Waals surface area contributed by atoms with Gasteiger partial charge in [-0.3, -0.25) is 14.7 Å². The van der Waals surface area contributed by atoms with Crippen molar-refractivity contribution in [3.63, 3.8) is 0 Å². The Bertz CT molecular complexity index is 884. The maximum absolute atomic E-state index is 12.5. The number of amides is 2. The van der Waals surface area contributed by atoms with Gasteiger partial charge in [0.05, 0.1) is 22.2 Å². The lowest BCUT2D eigenvalue weighted by Crippen LogP contribution is -2.42. The van der Waals surface area contributed by atoms with Gasteiger partial charge < -0.3 is 15.4 Å². The van der Waals surface area contributed by atoms with Crippen molar-refractivity contribution in [1.82, 2.24) is 15.5 Å². The van der Waals surface area contributed by atoms with Gasteiger partial charge in [0, 0.05) is 0 Å². The lowest BCUT2D eigenvalue weighted by Gasteiger charge is -2.17. The van der Waals surface area contributed by atoms with E-state index < -0.39 is 23.8 Å². The Morgan fingerprint density at radius 2 is 1.93 bits per heavy atom. The first-order valence-electron chi connectivity index (χ1n) is 8.43. The van der Waals surface area contributed by atoms with Gasteiger partial charge in [-0.25, -0.2) is 4.79 Å². The number of benzene rings is 1. The molecule has 10 heteroatoms. The first-order chi connectivity index (χ1) is 13.2. The largest absolute Gasteiger partial charge is 0.467 e. The highest BCUT2D eigenvalue weighted by Crippen LogP contribution is 2.25. The van der Waals surface area contributed by atoms with E-state index in [0.29, 0.717) is 11.4 Å². The van der Waals surface area contributed by atoms with Crippen molar-refractivity contribution in [2.75, 3.05) is 12.4 Å². The molecule has 1 aromatic carbocycles. The van der Waals surface area contributed by atoms with Crippen LogP contribution in [-0.4, -0.2) is 41.1 Å². The zero-order valence-electron chi connectivity index (χ0n) is 15.5. The van der Waals surface area contributed by atoms with E-state index in [4.69, 9.17) is 16.3 Å². The molecule has 8 nitrogen and oxygen atoms in total. The number of methoxy groups -OCH3 is 1. The maximum atomic E-state index is 12.5. The van der Waals surface area contributed by atoms with Gasteiger partial charge in [0.2, 0.25) is 0 Å². The van der Waals surface area contributed by atoms with Crippen LogP contribution in [0.1, 0.15) is 41.1 Å². The Hall–Kier alpha value is -2.39. The number of hydrogen-bond acceptors (Lipinski definition) is 5. The molecule has 1 heterocycles. The number of halogens is 2. The van der Waals surface area contributed by atoms with Crippen molar-refractivity contribution in [2.45, 2.75) is 26.3 Å². The number of aromatic nitrogens is 2. The predicted octanol–water partition coefficient (Wildman–Crippen LogP) is 3.40. The Kier molecular flexibility index (Phi) is 7.59. The Labute approximate surface area is 175 Å². The summed E-state index contributed by atoms with van der Waals surface area (Å²) in [7, 11) is 1.26. The predicted molar refractivity (Wildman–Crippen MR) is 108 cm³/mol. The normalized spacial score (nSPS) is 11.8. The van der Waals surface area contributed by atoms with E-state index in [9.17, 15) is 14.4 Å². The van der Waals surface area contributed by atoms with Crippen LogP contribution in [0, 0.1) is 5.92 Å². The molecular weight excluding hydrogens is 452 g/mol. The lowest BCUT2D eigenvalue weighted by molar-refractivity contribution is -0.143. The third-order valence-electron chi connectivity index (χ3n) is 3.78. The van der Waals surface area contributed by atoms with Gasteiger partial charge in [-0.1, -0.05) is 37.6 Å². The van der Waals surface area contributed by atoms with Crippen LogP contribution in [-0.2, 0) is 9.53 Å². The van der Waals surface area contributed by atoms with E-state index in [1.807, 2.05) is 13.8 Å². The first kappa shape index (κ1) is 21.9. The number of anilines is 1. The number of aromatic amines is 1. The third kappa shape index (κ3) is 5.32. The zero-order valence-corrected chi connectivity index (χ0v) is 17.8. The van der Waals surface area contributed by atoms with Gasteiger partial charge in [0.15, 0.2) is 5.82 Å². The monoisotopic (exact) mass is 470 g/mol. The molecule has 2 amide bonds. The van der Waals surface area contributed by atoms with Crippen LogP contribution in [0.25, 0.3) is 0 Å². The smallest absolute Gasteiger partial charge is 0.328 e. The Morgan fingerprint density at radius 1 is 1.25 bits per heavy atom. The fourth-order valence-electron chi connectivity index (χ4n) is 2.44. The molecule has 0 spiro atoms. The van der Waals surface area contributed by atoms with Crippen LogP contribution in [0.5, 0.6) is 0 Å². The average Bonchev–Trinajstić information content (AvgIpc) is 3.00.